The van der Waals surface area contributed by atoms with Crippen LogP contribution in [0.2, 0.25) is 0 Å². The molecule has 0 aromatic heterocycles. The van der Waals surface area contributed by atoms with Crippen LogP contribution in [0.25, 0.3) is 0 Å². The van der Waals surface area contributed by atoms with Crippen LogP contribution in [-0.4, -0.2) is 35.3 Å². The molecule has 0 N–H and O–H groups in total. The standard InChI is InChI=1S/C8H13N5/c1-8(2,3)13-7-6(11-12-13)4-9-5-10-7/h4-7H,1-3H3. The maximum Gasteiger partial charge on any atom is 0.170 e. The third kappa shape index (κ3) is 1.34. The third-order valence-corrected chi connectivity index (χ3v) is 2.05. The maximum absolute atomic E-state index is 4.25. The molecule has 0 spiro atoms. The van der Waals surface area contributed by atoms with Crippen molar-refractivity contribution in [1.29, 1.82) is 0 Å². The molecule has 2 heterocycles. The molecule has 0 aliphatic carbocycles. The van der Waals surface area contributed by atoms with Gasteiger partial charge in [-0.1, -0.05) is 5.22 Å². The van der Waals surface area contributed by atoms with E-state index in [9.17, 15) is 0 Å². The molecule has 0 aromatic carbocycles. The third-order valence-electron chi connectivity index (χ3n) is 2.05. The predicted octanol–water partition coefficient (Wildman–Crippen LogP) is 1.28. The van der Waals surface area contributed by atoms with Crippen molar-refractivity contribution in [3.8, 4) is 0 Å². The second-order valence-corrected chi connectivity index (χ2v) is 4.19. The molecule has 13 heavy (non-hydrogen) atoms. The average Bonchev–Trinajstić information content (AvgIpc) is 2.45. The number of hydrogen-bond donors (Lipinski definition) is 0. The van der Waals surface area contributed by atoms with Crippen LogP contribution in [0.4, 0.5) is 0 Å². The lowest BCUT2D eigenvalue weighted by molar-refractivity contribution is 0.108. The molecule has 0 saturated carbocycles. The minimum Gasteiger partial charge on any atom is -0.247 e. The second kappa shape index (κ2) is 2.61. The van der Waals surface area contributed by atoms with Gasteiger partial charge in [0.05, 0.1) is 5.54 Å². The van der Waals surface area contributed by atoms with Gasteiger partial charge in [-0.3, -0.25) is 0 Å². The lowest BCUT2D eigenvalue weighted by atomic mass is 10.1. The summed E-state index contributed by atoms with van der Waals surface area (Å²) in [5.74, 6) is 0. The molecule has 2 unspecified atom stereocenters. The lowest BCUT2D eigenvalue weighted by Gasteiger charge is -2.33. The van der Waals surface area contributed by atoms with Crippen molar-refractivity contribution in [3.63, 3.8) is 0 Å². The molecule has 2 aliphatic heterocycles. The minimum atomic E-state index is -0.0363. The fourth-order valence-electron chi connectivity index (χ4n) is 1.40. The van der Waals surface area contributed by atoms with Gasteiger partial charge in [0, 0.05) is 6.21 Å². The Morgan fingerprint density at radius 2 is 2.08 bits per heavy atom. The smallest absolute Gasteiger partial charge is 0.170 e. The molecule has 0 amide bonds. The normalized spacial score (nSPS) is 31.2. The van der Waals surface area contributed by atoms with Crippen LogP contribution in [0.1, 0.15) is 20.8 Å². The summed E-state index contributed by atoms with van der Waals surface area (Å²) in [4.78, 5) is 8.19. The van der Waals surface area contributed by atoms with Gasteiger partial charge in [-0.2, -0.15) is 5.11 Å². The summed E-state index contributed by atoms with van der Waals surface area (Å²) in [7, 11) is 0. The topological polar surface area (TPSA) is 52.7 Å². The molecule has 2 aliphatic rings. The molecule has 2 rings (SSSR count). The molecule has 70 valence electrons. The van der Waals surface area contributed by atoms with Gasteiger partial charge in [0.15, 0.2) is 12.2 Å². The van der Waals surface area contributed by atoms with E-state index in [-0.39, 0.29) is 17.7 Å². The summed E-state index contributed by atoms with van der Waals surface area (Å²) in [5, 5.41) is 10.1. The summed E-state index contributed by atoms with van der Waals surface area (Å²) in [6, 6.07) is 0.00391. The van der Waals surface area contributed by atoms with Gasteiger partial charge in [-0.15, -0.1) is 0 Å². The van der Waals surface area contributed by atoms with Crippen molar-refractivity contribution in [3.05, 3.63) is 0 Å². The Hall–Kier alpha value is -1.26. The van der Waals surface area contributed by atoms with Gasteiger partial charge >= 0.3 is 0 Å². The van der Waals surface area contributed by atoms with Crippen molar-refractivity contribution >= 4 is 12.6 Å². The predicted molar refractivity (Wildman–Crippen MR) is 51.0 cm³/mol. The highest BCUT2D eigenvalue weighted by Crippen LogP contribution is 2.27. The maximum atomic E-state index is 4.25. The highest BCUT2D eigenvalue weighted by atomic mass is 15.7. The van der Waals surface area contributed by atoms with E-state index in [0.29, 0.717) is 0 Å². The molecule has 0 bridgehead atoms. The summed E-state index contributed by atoms with van der Waals surface area (Å²) in [6.07, 6.45) is 3.36. The summed E-state index contributed by atoms with van der Waals surface area (Å²) >= 11 is 0. The molecule has 0 fully saturated rings. The minimum absolute atomic E-state index is 0.00391. The Morgan fingerprint density at radius 1 is 1.31 bits per heavy atom. The SMILES string of the molecule is CC(C)(C)N1N=NC2C=NC=NC21. The van der Waals surface area contributed by atoms with Crippen molar-refractivity contribution in [2.75, 3.05) is 0 Å². The number of aliphatic imine (C=N–C) groups is 2. The molecule has 5 heteroatoms. The van der Waals surface area contributed by atoms with Gasteiger partial charge in [0.1, 0.15) is 6.34 Å². The quantitative estimate of drug-likeness (QED) is 0.552. The van der Waals surface area contributed by atoms with Crippen molar-refractivity contribution in [2.24, 2.45) is 20.3 Å². The van der Waals surface area contributed by atoms with Gasteiger partial charge in [-0.05, 0) is 20.8 Å². The Bertz CT molecular complexity index is 285. The van der Waals surface area contributed by atoms with Gasteiger partial charge in [0.2, 0.25) is 0 Å². The molecule has 5 nitrogen and oxygen atoms in total. The van der Waals surface area contributed by atoms with Crippen molar-refractivity contribution in [2.45, 2.75) is 38.5 Å². The van der Waals surface area contributed by atoms with E-state index in [4.69, 9.17) is 0 Å². The lowest BCUT2D eigenvalue weighted by Crippen LogP contribution is -2.45. The zero-order chi connectivity index (χ0) is 9.47. The molecular formula is C8H13N5. The van der Waals surface area contributed by atoms with Crippen molar-refractivity contribution < 1.29 is 0 Å². The van der Waals surface area contributed by atoms with Gasteiger partial charge in [-0.25, -0.2) is 15.0 Å². The van der Waals surface area contributed by atoms with Crippen LogP contribution in [0.5, 0.6) is 0 Å². The van der Waals surface area contributed by atoms with Gasteiger partial charge in [0.25, 0.3) is 0 Å². The first kappa shape index (κ1) is 8.34. The Kier molecular flexibility index (Phi) is 1.68. The highest BCUT2D eigenvalue weighted by Gasteiger charge is 2.38. The fourth-order valence-corrected chi connectivity index (χ4v) is 1.40. The zero-order valence-electron chi connectivity index (χ0n) is 8.05. The monoisotopic (exact) mass is 179 g/mol. The zero-order valence-corrected chi connectivity index (χ0v) is 8.05. The highest BCUT2D eigenvalue weighted by molar-refractivity contribution is 5.79. The molecule has 2 atom stereocenters. The van der Waals surface area contributed by atoms with Crippen LogP contribution < -0.4 is 0 Å². The Balaban J connectivity index is 2.23. The largest absolute Gasteiger partial charge is 0.247 e. The van der Waals surface area contributed by atoms with Crippen LogP contribution in [-0.2, 0) is 0 Å². The number of fused-ring (bicyclic) bond motifs is 1. The van der Waals surface area contributed by atoms with Crippen LogP contribution in [0, 0.1) is 0 Å². The van der Waals surface area contributed by atoms with E-state index in [1.54, 1.807) is 12.6 Å². The Morgan fingerprint density at radius 3 is 2.77 bits per heavy atom. The first-order valence-electron chi connectivity index (χ1n) is 4.34. The number of nitrogens with zero attached hydrogens (tertiary/aromatic N) is 5. The fraction of sp³-hybridized carbons (Fsp3) is 0.750. The van der Waals surface area contributed by atoms with E-state index >= 15 is 0 Å². The van der Waals surface area contributed by atoms with E-state index in [1.807, 2.05) is 5.01 Å². The number of hydrogen-bond acceptors (Lipinski definition) is 5. The molecular weight excluding hydrogens is 166 g/mol. The first-order chi connectivity index (χ1) is 6.09. The van der Waals surface area contributed by atoms with E-state index < -0.39 is 0 Å². The second-order valence-electron chi connectivity index (χ2n) is 4.19. The first-order valence-corrected chi connectivity index (χ1v) is 4.34. The van der Waals surface area contributed by atoms with E-state index in [2.05, 4.69) is 41.1 Å². The molecule has 0 radical (unpaired) electrons. The van der Waals surface area contributed by atoms with E-state index in [0.717, 1.165) is 0 Å². The van der Waals surface area contributed by atoms with Crippen LogP contribution in [0.3, 0.4) is 0 Å². The van der Waals surface area contributed by atoms with Gasteiger partial charge < -0.3 is 0 Å². The summed E-state index contributed by atoms with van der Waals surface area (Å²) in [6.45, 7) is 6.28. The van der Waals surface area contributed by atoms with Crippen LogP contribution >= 0.6 is 0 Å². The van der Waals surface area contributed by atoms with Crippen LogP contribution in [0.15, 0.2) is 20.3 Å². The molecule has 0 saturated heterocycles. The Labute approximate surface area is 77.2 Å². The summed E-state index contributed by atoms with van der Waals surface area (Å²) < 4.78 is 0. The van der Waals surface area contributed by atoms with Crippen molar-refractivity contribution in [1.82, 2.24) is 5.01 Å². The average molecular weight is 179 g/mol. The number of rotatable bonds is 0. The summed E-state index contributed by atoms with van der Waals surface area (Å²) in [5.41, 5.74) is -0.0363. The van der Waals surface area contributed by atoms with E-state index in [1.165, 1.54) is 0 Å². The molecule has 0 aromatic rings.